The summed E-state index contributed by atoms with van der Waals surface area (Å²) in [4.78, 5) is 39.3. The number of rotatable bonds is 13. The zero-order valence-corrected chi connectivity index (χ0v) is 23.6. The molecule has 1 saturated heterocycles. The highest BCUT2D eigenvalue weighted by Crippen LogP contribution is 2.43. The molecule has 3 amide bonds. The molecule has 2 aromatic carbocycles. The van der Waals surface area contributed by atoms with E-state index in [4.69, 9.17) is 10.5 Å². The molecule has 1 heterocycles. The number of hydrogen-bond acceptors (Lipinski definition) is 5. The van der Waals surface area contributed by atoms with E-state index in [-0.39, 0.29) is 30.7 Å². The topological polar surface area (TPSA) is 114 Å². The van der Waals surface area contributed by atoms with E-state index in [2.05, 4.69) is 15.5 Å². The van der Waals surface area contributed by atoms with E-state index < -0.39 is 17.1 Å². The minimum atomic E-state index is -0.861. The number of nitrogens with two attached hydrogens (primary N) is 1. The summed E-state index contributed by atoms with van der Waals surface area (Å²) in [7, 11) is 0. The van der Waals surface area contributed by atoms with Crippen LogP contribution < -0.4 is 16.4 Å². The van der Waals surface area contributed by atoms with Gasteiger partial charge >= 0.3 is 6.09 Å². The van der Waals surface area contributed by atoms with Crippen molar-refractivity contribution in [1.29, 1.82) is 0 Å². The molecule has 212 valence electrons. The lowest BCUT2D eigenvalue weighted by Crippen LogP contribution is -2.49. The van der Waals surface area contributed by atoms with Gasteiger partial charge in [0, 0.05) is 26.1 Å². The van der Waals surface area contributed by atoms with Gasteiger partial charge in [-0.3, -0.25) is 9.59 Å². The molecule has 3 rings (SSSR count). The first-order valence-electron chi connectivity index (χ1n) is 14.0. The quantitative estimate of drug-likeness (QED) is 0.335. The highest BCUT2D eigenvalue weighted by molar-refractivity contribution is 5.91. The molecule has 4 N–H and O–H groups in total. The second-order valence-electron chi connectivity index (χ2n) is 11.3. The molecule has 0 radical (unpaired) electrons. The van der Waals surface area contributed by atoms with Crippen LogP contribution in [-0.2, 0) is 19.7 Å². The molecule has 39 heavy (non-hydrogen) atoms. The maximum Gasteiger partial charge on any atom is 0.407 e. The standard InChI is InChI=1S/C31H44N4O4/c1-30(2,3)39-29(38)34-20-17-27(36)33-19-11-6-12-21-35-22-18-26(23-35)31(28(32)37,24-13-7-4-8-14-24)25-15-9-5-10-16-25/h4-5,7-10,13-16,26H,6,11-12,17-23H2,1-3H3,(H2,32,37)(H,33,36)(H,34,38). The predicted octanol–water partition coefficient (Wildman–Crippen LogP) is 3.98. The van der Waals surface area contributed by atoms with Gasteiger partial charge in [0.15, 0.2) is 0 Å². The molecule has 8 nitrogen and oxygen atoms in total. The summed E-state index contributed by atoms with van der Waals surface area (Å²) in [5, 5.41) is 5.51. The van der Waals surface area contributed by atoms with Gasteiger partial charge in [0.1, 0.15) is 11.0 Å². The fraction of sp³-hybridized carbons (Fsp3) is 0.516. The number of amides is 3. The first-order valence-corrected chi connectivity index (χ1v) is 14.0. The zero-order valence-electron chi connectivity index (χ0n) is 23.6. The fourth-order valence-electron chi connectivity index (χ4n) is 5.46. The Morgan fingerprint density at radius 1 is 0.897 bits per heavy atom. The van der Waals surface area contributed by atoms with Gasteiger partial charge < -0.3 is 26.0 Å². The number of benzene rings is 2. The molecular formula is C31H44N4O4. The molecule has 1 fully saturated rings. The van der Waals surface area contributed by atoms with Crippen molar-refractivity contribution in [2.75, 3.05) is 32.7 Å². The molecule has 1 atom stereocenters. The smallest absolute Gasteiger partial charge is 0.407 e. The van der Waals surface area contributed by atoms with Crippen LogP contribution in [0.1, 0.15) is 64.0 Å². The number of ether oxygens (including phenoxy) is 1. The summed E-state index contributed by atoms with van der Waals surface area (Å²) in [6.07, 6.45) is 3.51. The summed E-state index contributed by atoms with van der Waals surface area (Å²) in [5.74, 6) is -0.296. The second kappa shape index (κ2) is 14.1. The van der Waals surface area contributed by atoms with E-state index in [1.807, 2.05) is 60.7 Å². The Morgan fingerprint density at radius 2 is 1.51 bits per heavy atom. The largest absolute Gasteiger partial charge is 0.444 e. The van der Waals surface area contributed by atoms with Crippen molar-refractivity contribution in [1.82, 2.24) is 15.5 Å². The number of nitrogens with one attached hydrogen (secondary N) is 2. The molecule has 0 bridgehead atoms. The minimum absolute atomic E-state index is 0.0851. The van der Waals surface area contributed by atoms with Crippen molar-refractivity contribution >= 4 is 17.9 Å². The zero-order chi connectivity index (χ0) is 28.3. The van der Waals surface area contributed by atoms with Crippen molar-refractivity contribution in [2.24, 2.45) is 11.7 Å². The number of nitrogens with zero attached hydrogens (tertiary/aromatic N) is 1. The van der Waals surface area contributed by atoms with Crippen LogP contribution in [0.2, 0.25) is 0 Å². The Labute approximate surface area is 232 Å². The van der Waals surface area contributed by atoms with Gasteiger partial charge in [-0.25, -0.2) is 4.79 Å². The predicted molar refractivity (Wildman–Crippen MR) is 153 cm³/mol. The van der Waals surface area contributed by atoms with Crippen LogP contribution in [0.5, 0.6) is 0 Å². The minimum Gasteiger partial charge on any atom is -0.444 e. The molecule has 2 aromatic rings. The highest BCUT2D eigenvalue weighted by Gasteiger charge is 2.49. The molecule has 0 spiro atoms. The van der Waals surface area contributed by atoms with E-state index in [9.17, 15) is 14.4 Å². The Balaban J connectivity index is 1.42. The maximum absolute atomic E-state index is 13.2. The Morgan fingerprint density at radius 3 is 2.08 bits per heavy atom. The van der Waals surface area contributed by atoms with Crippen molar-refractivity contribution in [3.63, 3.8) is 0 Å². The molecule has 0 saturated carbocycles. The molecule has 1 aliphatic heterocycles. The summed E-state index contributed by atoms with van der Waals surface area (Å²) >= 11 is 0. The fourth-order valence-corrected chi connectivity index (χ4v) is 5.46. The molecule has 1 unspecified atom stereocenters. The SMILES string of the molecule is CC(C)(C)OC(=O)NCCC(=O)NCCCCCN1CCC(C(C(N)=O)(c2ccccc2)c2ccccc2)C1. The summed E-state index contributed by atoms with van der Waals surface area (Å²) in [5.41, 5.74) is 6.67. The van der Waals surface area contributed by atoms with Crippen LogP contribution in [0.4, 0.5) is 4.79 Å². The Hall–Kier alpha value is -3.39. The lowest BCUT2D eigenvalue weighted by atomic mass is 9.64. The first kappa shape index (κ1) is 30.2. The number of alkyl carbamates (subject to hydrolysis) is 1. The molecule has 1 aliphatic rings. The molecule has 0 aromatic heterocycles. The summed E-state index contributed by atoms with van der Waals surface area (Å²) in [6.45, 7) is 8.94. The lowest BCUT2D eigenvalue weighted by Gasteiger charge is -2.37. The van der Waals surface area contributed by atoms with E-state index in [1.165, 1.54) is 0 Å². The summed E-state index contributed by atoms with van der Waals surface area (Å²) in [6, 6.07) is 19.9. The molecule has 8 heteroatoms. The van der Waals surface area contributed by atoms with Gasteiger partial charge in [-0.1, -0.05) is 67.1 Å². The number of primary amides is 1. The van der Waals surface area contributed by atoms with Crippen LogP contribution in [0.25, 0.3) is 0 Å². The van der Waals surface area contributed by atoms with Gasteiger partial charge in [-0.05, 0) is 70.2 Å². The van der Waals surface area contributed by atoms with E-state index in [0.717, 1.165) is 56.4 Å². The van der Waals surface area contributed by atoms with E-state index in [0.29, 0.717) is 6.54 Å². The first-order chi connectivity index (χ1) is 18.6. The average molecular weight is 537 g/mol. The number of carbonyl (C=O) groups excluding carboxylic acids is 3. The maximum atomic E-state index is 13.2. The highest BCUT2D eigenvalue weighted by atomic mass is 16.6. The van der Waals surface area contributed by atoms with Crippen molar-refractivity contribution in [2.45, 2.75) is 63.9 Å². The van der Waals surface area contributed by atoms with E-state index >= 15 is 0 Å². The second-order valence-corrected chi connectivity index (χ2v) is 11.3. The van der Waals surface area contributed by atoms with Gasteiger partial charge in [-0.15, -0.1) is 0 Å². The van der Waals surface area contributed by atoms with Crippen LogP contribution in [0.3, 0.4) is 0 Å². The van der Waals surface area contributed by atoms with Crippen molar-refractivity contribution in [3.8, 4) is 0 Å². The third kappa shape index (κ3) is 8.55. The number of hydrogen-bond donors (Lipinski definition) is 3. The lowest BCUT2D eigenvalue weighted by molar-refractivity contribution is -0.124. The van der Waals surface area contributed by atoms with E-state index in [1.54, 1.807) is 20.8 Å². The molecule has 0 aliphatic carbocycles. The van der Waals surface area contributed by atoms with Crippen LogP contribution in [0, 0.1) is 5.92 Å². The monoisotopic (exact) mass is 536 g/mol. The third-order valence-corrected chi connectivity index (χ3v) is 7.23. The number of unbranched alkanes of at least 4 members (excludes halogenated alkanes) is 2. The Bertz CT molecular complexity index is 1030. The van der Waals surface area contributed by atoms with Gasteiger partial charge in [-0.2, -0.15) is 0 Å². The van der Waals surface area contributed by atoms with Crippen LogP contribution >= 0.6 is 0 Å². The average Bonchev–Trinajstić information content (AvgIpc) is 3.35. The van der Waals surface area contributed by atoms with Crippen molar-refractivity contribution in [3.05, 3.63) is 71.8 Å². The van der Waals surface area contributed by atoms with Crippen LogP contribution in [0.15, 0.2) is 60.7 Å². The van der Waals surface area contributed by atoms with Gasteiger partial charge in [0.2, 0.25) is 11.8 Å². The number of carbonyl (C=O) groups is 3. The molecular weight excluding hydrogens is 492 g/mol. The van der Waals surface area contributed by atoms with Crippen molar-refractivity contribution < 1.29 is 19.1 Å². The number of likely N-dealkylation sites (tertiary alicyclic amines) is 1. The van der Waals surface area contributed by atoms with Gasteiger partial charge in [0.25, 0.3) is 0 Å². The normalized spacial score (nSPS) is 16.0. The Kier molecular flexibility index (Phi) is 10.9. The third-order valence-electron chi connectivity index (χ3n) is 7.23. The summed E-state index contributed by atoms with van der Waals surface area (Å²) < 4.78 is 5.16. The van der Waals surface area contributed by atoms with Crippen LogP contribution in [-0.4, -0.2) is 61.1 Å². The van der Waals surface area contributed by atoms with Gasteiger partial charge in [0.05, 0.1) is 0 Å².